The number of nitrogens with one attached hydrogen (secondary N) is 2. The number of anilines is 3. The van der Waals surface area contributed by atoms with E-state index in [4.69, 9.17) is 21.6 Å². The van der Waals surface area contributed by atoms with Crippen molar-refractivity contribution >= 4 is 56.1 Å². The molecule has 0 saturated heterocycles. The van der Waals surface area contributed by atoms with Gasteiger partial charge in [0.05, 0.1) is 16.3 Å². The summed E-state index contributed by atoms with van der Waals surface area (Å²) in [7, 11) is 0. The maximum atomic E-state index is 12.4. The second-order valence-electron chi connectivity index (χ2n) is 8.58. The summed E-state index contributed by atoms with van der Waals surface area (Å²) in [5.41, 5.74) is 3.64. The van der Waals surface area contributed by atoms with Crippen LogP contribution in [0.5, 0.6) is 0 Å². The van der Waals surface area contributed by atoms with Gasteiger partial charge in [-0.2, -0.15) is 0 Å². The van der Waals surface area contributed by atoms with E-state index < -0.39 is 5.41 Å². The number of amides is 1. The minimum absolute atomic E-state index is 0.0264. The molecule has 2 aromatic heterocycles. The molecule has 158 valence electrons. The molecule has 0 saturated carbocycles. The van der Waals surface area contributed by atoms with E-state index in [0.29, 0.717) is 10.2 Å². The Balaban J connectivity index is 1.67. The standard InChI is InChI=1S/C22H25ClN4OS2/c1-12-9-10-13(23)11-15(12)25-20-26-17-16(29-20)8-6-5-7-14-18(17)30-21(24-14)27-19(28)22(2,3)4/h9-11H,5-8H2,1-4H3,(H,25,26)(H,24,27,28). The molecule has 8 heteroatoms. The van der Waals surface area contributed by atoms with E-state index in [2.05, 4.69) is 10.6 Å². The van der Waals surface area contributed by atoms with Crippen LogP contribution >= 0.6 is 34.3 Å². The number of carbonyl (C=O) groups excluding carboxylic acids is 1. The zero-order chi connectivity index (χ0) is 21.5. The summed E-state index contributed by atoms with van der Waals surface area (Å²) < 4.78 is 0. The Morgan fingerprint density at radius 2 is 1.87 bits per heavy atom. The van der Waals surface area contributed by atoms with Crippen LogP contribution in [0.25, 0.3) is 10.6 Å². The first-order chi connectivity index (χ1) is 14.2. The van der Waals surface area contributed by atoms with Crippen molar-refractivity contribution in [3.63, 3.8) is 0 Å². The molecular weight excluding hydrogens is 436 g/mol. The van der Waals surface area contributed by atoms with Crippen LogP contribution in [0.2, 0.25) is 5.02 Å². The number of fused-ring (bicyclic) bond motifs is 3. The number of aromatic nitrogens is 2. The lowest BCUT2D eigenvalue weighted by molar-refractivity contribution is -0.123. The zero-order valence-electron chi connectivity index (χ0n) is 17.6. The molecular formula is C22H25ClN4OS2. The predicted molar refractivity (Wildman–Crippen MR) is 127 cm³/mol. The lowest BCUT2D eigenvalue weighted by atomic mass is 9.96. The Labute approximate surface area is 189 Å². The maximum Gasteiger partial charge on any atom is 0.231 e. The number of benzene rings is 1. The smallest absolute Gasteiger partial charge is 0.231 e. The highest BCUT2D eigenvalue weighted by Crippen LogP contribution is 2.42. The van der Waals surface area contributed by atoms with E-state index >= 15 is 0 Å². The normalized spacial score (nSPS) is 13.8. The number of hydrogen-bond acceptors (Lipinski definition) is 6. The topological polar surface area (TPSA) is 66.9 Å². The number of carbonyl (C=O) groups is 1. The van der Waals surface area contributed by atoms with Crippen LogP contribution in [0.4, 0.5) is 16.0 Å². The third-order valence-electron chi connectivity index (χ3n) is 5.02. The summed E-state index contributed by atoms with van der Waals surface area (Å²) in [4.78, 5) is 24.4. The molecule has 0 bridgehead atoms. The Morgan fingerprint density at radius 1 is 1.10 bits per heavy atom. The van der Waals surface area contributed by atoms with Crippen molar-refractivity contribution in [1.82, 2.24) is 9.97 Å². The predicted octanol–water partition coefficient (Wildman–Crippen LogP) is 6.84. The summed E-state index contributed by atoms with van der Waals surface area (Å²) in [5.74, 6) is -0.0264. The van der Waals surface area contributed by atoms with Crippen LogP contribution in [0.15, 0.2) is 18.2 Å². The average molecular weight is 461 g/mol. The zero-order valence-corrected chi connectivity index (χ0v) is 19.9. The Bertz CT molecular complexity index is 1100. The molecule has 1 aliphatic carbocycles. The van der Waals surface area contributed by atoms with Crippen molar-refractivity contribution in [3.8, 4) is 10.6 Å². The van der Waals surface area contributed by atoms with Crippen LogP contribution < -0.4 is 10.6 Å². The largest absolute Gasteiger partial charge is 0.331 e. The van der Waals surface area contributed by atoms with Crippen molar-refractivity contribution in [3.05, 3.63) is 39.4 Å². The van der Waals surface area contributed by atoms with Crippen molar-refractivity contribution in [2.75, 3.05) is 10.6 Å². The third-order valence-corrected chi connectivity index (χ3v) is 7.31. The lowest BCUT2D eigenvalue weighted by Crippen LogP contribution is -2.27. The minimum atomic E-state index is -0.461. The van der Waals surface area contributed by atoms with Crippen molar-refractivity contribution in [1.29, 1.82) is 0 Å². The van der Waals surface area contributed by atoms with Gasteiger partial charge in [-0.3, -0.25) is 4.79 Å². The van der Waals surface area contributed by atoms with Gasteiger partial charge in [-0.25, -0.2) is 9.97 Å². The highest BCUT2D eigenvalue weighted by atomic mass is 35.5. The molecule has 1 amide bonds. The van der Waals surface area contributed by atoms with Gasteiger partial charge in [-0.05, 0) is 50.3 Å². The van der Waals surface area contributed by atoms with E-state index in [0.717, 1.165) is 58.3 Å². The molecule has 2 heterocycles. The molecule has 0 atom stereocenters. The number of aryl methyl sites for hydroxylation is 3. The van der Waals surface area contributed by atoms with Gasteiger partial charge in [-0.1, -0.05) is 49.8 Å². The van der Waals surface area contributed by atoms with E-state index in [1.165, 1.54) is 16.2 Å². The van der Waals surface area contributed by atoms with Crippen molar-refractivity contribution in [2.24, 2.45) is 5.41 Å². The SMILES string of the molecule is Cc1ccc(Cl)cc1Nc1nc2c(s1)CCCCc1nc(NC(=O)C(C)(C)C)sc1-2. The van der Waals surface area contributed by atoms with E-state index in [1.807, 2.05) is 45.9 Å². The van der Waals surface area contributed by atoms with Gasteiger partial charge in [0, 0.05) is 21.0 Å². The Kier molecular flexibility index (Phi) is 5.88. The fourth-order valence-electron chi connectivity index (χ4n) is 3.22. The monoisotopic (exact) mass is 460 g/mol. The molecule has 4 rings (SSSR count). The third kappa shape index (κ3) is 4.53. The minimum Gasteiger partial charge on any atom is -0.331 e. The van der Waals surface area contributed by atoms with Gasteiger partial charge in [0.25, 0.3) is 0 Å². The molecule has 0 aliphatic heterocycles. The number of halogens is 1. The van der Waals surface area contributed by atoms with E-state index in [1.54, 1.807) is 11.3 Å². The number of rotatable bonds is 3. The highest BCUT2D eigenvalue weighted by Gasteiger charge is 2.26. The maximum absolute atomic E-state index is 12.4. The molecule has 2 N–H and O–H groups in total. The molecule has 1 aliphatic rings. The van der Waals surface area contributed by atoms with E-state index in [-0.39, 0.29) is 5.91 Å². The van der Waals surface area contributed by atoms with Crippen molar-refractivity contribution in [2.45, 2.75) is 53.4 Å². The van der Waals surface area contributed by atoms with Crippen LogP contribution in [0.1, 0.15) is 49.7 Å². The summed E-state index contributed by atoms with van der Waals surface area (Å²) in [6.07, 6.45) is 4.09. The first-order valence-electron chi connectivity index (χ1n) is 10.0. The summed E-state index contributed by atoms with van der Waals surface area (Å²) in [5, 5.41) is 8.63. The summed E-state index contributed by atoms with van der Waals surface area (Å²) in [6.45, 7) is 7.76. The highest BCUT2D eigenvalue weighted by molar-refractivity contribution is 7.20. The molecule has 0 radical (unpaired) electrons. The van der Waals surface area contributed by atoms with Gasteiger partial charge in [0.15, 0.2) is 10.3 Å². The second kappa shape index (κ2) is 8.29. The Morgan fingerprint density at radius 3 is 2.63 bits per heavy atom. The molecule has 30 heavy (non-hydrogen) atoms. The summed E-state index contributed by atoms with van der Waals surface area (Å²) >= 11 is 9.38. The average Bonchev–Trinajstić information content (AvgIpc) is 3.23. The van der Waals surface area contributed by atoms with Gasteiger partial charge in [0.2, 0.25) is 5.91 Å². The van der Waals surface area contributed by atoms with Crippen molar-refractivity contribution < 1.29 is 4.79 Å². The number of nitrogens with zero attached hydrogens (tertiary/aromatic N) is 2. The lowest BCUT2D eigenvalue weighted by Gasteiger charge is -2.15. The first kappa shape index (κ1) is 21.3. The van der Waals surface area contributed by atoms with Crippen LogP contribution in [0.3, 0.4) is 0 Å². The van der Waals surface area contributed by atoms with Crippen LogP contribution in [-0.4, -0.2) is 15.9 Å². The molecule has 1 aromatic carbocycles. The molecule has 0 spiro atoms. The van der Waals surface area contributed by atoms with Crippen LogP contribution in [-0.2, 0) is 17.6 Å². The number of thiazole rings is 2. The molecule has 0 unspecified atom stereocenters. The molecule has 5 nitrogen and oxygen atoms in total. The quantitative estimate of drug-likeness (QED) is 0.449. The van der Waals surface area contributed by atoms with Gasteiger partial charge in [-0.15, -0.1) is 11.3 Å². The second-order valence-corrected chi connectivity index (χ2v) is 11.1. The van der Waals surface area contributed by atoms with E-state index in [9.17, 15) is 4.79 Å². The van der Waals surface area contributed by atoms with Gasteiger partial charge in [0.1, 0.15) is 0 Å². The molecule has 3 aromatic rings. The Hall–Kier alpha value is -1.96. The fourth-order valence-corrected chi connectivity index (χ4v) is 5.50. The van der Waals surface area contributed by atoms with Gasteiger partial charge >= 0.3 is 0 Å². The summed E-state index contributed by atoms with van der Waals surface area (Å²) in [6, 6.07) is 5.81. The van der Waals surface area contributed by atoms with Gasteiger partial charge < -0.3 is 10.6 Å². The first-order valence-corrected chi connectivity index (χ1v) is 12.1. The van der Waals surface area contributed by atoms with Crippen LogP contribution in [0, 0.1) is 12.3 Å². The number of hydrogen-bond donors (Lipinski definition) is 2. The molecule has 0 fully saturated rings. The fraction of sp³-hybridized carbons (Fsp3) is 0.409.